The predicted octanol–water partition coefficient (Wildman–Crippen LogP) is 11.3. The van der Waals surface area contributed by atoms with Crippen LogP contribution in [0.15, 0.2) is 0 Å². The number of hydrogen-bond donors (Lipinski definition) is 0. The molecule has 0 atom stereocenters. The second kappa shape index (κ2) is 7.06. The molecule has 0 radical (unpaired) electrons. The molecule has 0 N–H and O–H groups in total. The molecule has 1 fully saturated rings. The Morgan fingerprint density at radius 1 is 0.303 bits per heavy atom. The van der Waals surface area contributed by atoms with E-state index in [1.165, 1.54) is 0 Å². The van der Waals surface area contributed by atoms with E-state index in [1.54, 1.807) is 0 Å². The van der Waals surface area contributed by atoms with E-state index < -0.39 is 0 Å². The summed E-state index contributed by atoms with van der Waals surface area (Å²) in [4.78, 5) is 0. The molecule has 33 heavy (non-hydrogen) atoms. The van der Waals surface area contributed by atoms with Crippen LogP contribution in [0.25, 0.3) is 0 Å². The van der Waals surface area contributed by atoms with Gasteiger partial charge in [0.15, 0.2) is 0 Å². The third-order valence-corrected chi connectivity index (χ3v) is 16.6. The van der Waals surface area contributed by atoms with Crippen LogP contribution < -0.4 is 0 Å². The molecule has 0 heterocycles. The quantitative estimate of drug-likeness (QED) is 0.389. The van der Waals surface area contributed by atoms with E-state index in [4.69, 9.17) is 0 Å². The molecule has 1 aliphatic carbocycles. The van der Waals surface area contributed by atoms with Crippen molar-refractivity contribution in [2.45, 2.75) is 152 Å². The fourth-order valence-electron chi connectivity index (χ4n) is 9.06. The highest BCUT2D eigenvalue weighted by molar-refractivity contribution is 5.26. The molecule has 1 saturated carbocycles. The summed E-state index contributed by atoms with van der Waals surface area (Å²) in [7, 11) is 0. The zero-order valence-electron chi connectivity index (χ0n) is 27.5. The Balaban J connectivity index is 4.16. The van der Waals surface area contributed by atoms with Crippen molar-refractivity contribution in [2.24, 2.45) is 59.6 Å². The molecule has 1 aliphatic rings. The van der Waals surface area contributed by atoms with Gasteiger partial charge in [0.1, 0.15) is 0 Å². The Morgan fingerprint density at radius 2 is 0.545 bits per heavy atom. The van der Waals surface area contributed by atoms with E-state index >= 15 is 0 Å². The van der Waals surface area contributed by atoms with Crippen LogP contribution in [0.5, 0.6) is 0 Å². The zero-order valence-corrected chi connectivity index (χ0v) is 27.5. The van der Waals surface area contributed by atoms with Gasteiger partial charge in [-0.2, -0.15) is 0 Å². The van der Waals surface area contributed by atoms with Crippen LogP contribution in [-0.4, -0.2) is 0 Å². The number of rotatable bonds is 4. The van der Waals surface area contributed by atoms with Crippen molar-refractivity contribution in [2.75, 3.05) is 0 Å². The van der Waals surface area contributed by atoms with Gasteiger partial charge in [0.05, 0.1) is 0 Å². The molecule has 0 aromatic rings. The maximum Gasteiger partial charge on any atom is -0.0156 e. The van der Waals surface area contributed by atoms with Crippen LogP contribution in [0, 0.1) is 59.6 Å². The average Bonchev–Trinajstić information content (AvgIpc) is 2.57. The molecule has 0 bridgehead atoms. The van der Waals surface area contributed by atoms with Crippen molar-refractivity contribution in [3.8, 4) is 0 Å². The standard InChI is InChI=1S/C33H66/c1-23(2,3)24(4,5)25(6,7)27(10,11)30(16,17)33(22)31(18,19)28(12,13)26(8,9)29(14,15)32(33,20)21/h1-22H3. The first-order valence-electron chi connectivity index (χ1n) is 13.8. The second-order valence-corrected chi connectivity index (χ2v) is 18.0. The Kier molecular flexibility index (Phi) is 6.64. The van der Waals surface area contributed by atoms with E-state index in [0.717, 1.165) is 0 Å². The summed E-state index contributed by atoms with van der Waals surface area (Å²) in [6.07, 6.45) is 0. The normalized spacial score (nSPS) is 26.7. The monoisotopic (exact) mass is 463 g/mol. The maximum atomic E-state index is 2.67. The fraction of sp³-hybridized carbons (Fsp3) is 1.00. The highest BCUT2D eigenvalue weighted by Gasteiger charge is 2.78. The Hall–Kier alpha value is 0. The lowest BCUT2D eigenvalue weighted by molar-refractivity contribution is -0.346. The van der Waals surface area contributed by atoms with Crippen molar-refractivity contribution in [3.63, 3.8) is 0 Å². The fourth-order valence-corrected chi connectivity index (χ4v) is 9.06. The van der Waals surface area contributed by atoms with Crippen LogP contribution >= 0.6 is 0 Å². The van der Waals surface area contributed by atoms with E-state index in [9.17, 15) is 0 Å². The van der Waals surface area contributed by atoms with Crippen molar-refractivity contribution in [1.29, 1.82) is 0 Å². The van der Waals surface area contributed by atoms with Gasteiger partial charge in [-0.15, -0.1) is 0 Å². The van der Waals surface area contributed by atoms with Gasteiger partial charge in [0.2, 0.25) is 0 Å². The van der Waals surface area contributed by atoms with E-state index in [2.05, 4.69) is 152 Å². The van der Waals surface area contributed by atoms with Gasteiger partial charge in [0.25, 0.3) is 0 Å². The van der Waals surface area contributed by atoms with Crippen LogP contribution in [0.1, 0.15) is 152 Å². The van der Waals surface area contributed by atoms with Crippen molar-refractivity contribution >= 4 is 0 Å². The lowest BCUT2D eigenvalue weighted by Gasteiger charge is -2.82. The minimum absolute atomic E-state index is 0.0596. The Labute approximate surface area is 211 Å². The third kappa shape index (κ3) is 2.94. The van der Waals surface area contributed by atoms with Gasteiger partial charge in [-0.1, -0.05) is 152 Å². The van der Waals surface area contributed by atoms with Crippen LogP contribution in [0.2, 0.25) is 0 Å². The number of hydrogen-bond acceptors (Lipinski definition) is 0. The van der Waals surface area contributed by atoms with Crippen molar-refractivity contribution < 1.29 is 0 Å². The molecule has 0 unspecified atom stereocenters. The summed E-state index contributed by atoms with van der Waals surface area (Å²) >= 11 is 0. The SMILES string of the molecule is CC(C)(C)C(C)(C)C(C)(C)C(C)(C)C(C)(C)C1(C)C(C)(C)C(C)(C)C(C)(C)C(C)(C)C1(C)C. The topological polar surface area (TPSA) is 0 Å². The molecule has 0 heteroatoms. The molecule has 0 aliphatic heterocycles. The van der Waals surface area contributed by atoms with Gasteiger partial charge in [0, 0.05) is 0 Å². The third-order valence-electron chi connectivity index (χ3n) is 16.6. The predicted molar refractivity (Wildman–Crippen MR) is 152 cm³/mol. The summed E-state index contributed by atoms with van der Waals surface area (Å²) in [6.45, 7) is 56.3. The minimum atomic E-state index is 0.0596. The molecule has 0 spiro atoms. The van der Waals surface area contributed by atoms with Crippen LogP contribution in [0.3, 0.4) is 0 Å². The van der Waals surface area contributed by atoms with E-state index in [0.29, 0.717) is 0 Å². The molecule has 0 amide bonds. The molecular formula is C33H66. The molecule has 0 aromatic heterocycles. The van der Waals surface area contributed by atoms with Gasteiger partial charge in [-0.05, 0) is 59.6 Å². The summed E-state index contributed by atoms with van der Waals surface area (Å²) in [5.41, 5.74) is 1.42. The Morgan fingerprint density at radius 3 is 0.788 bits per heavy atom. The second-order valence-electron chi connectivity index (χ2n) is 18.0. The molecule has 1 rings (SSSR count). The smallest absolute Gasteiger partial charge is 0.0156 e. The minimum Gasteiger partial charge on any atom is -0.0596 e. The first-order valence-corrected chi connectivity index (χ1v) is 13.8. The lowest BCUT2D eigenvalue weighted by atomic mass is 9.22. The highest BCUT2D eigenvalue weighted by Crippen LogP contribution is 2.84. The first-order chi connectivity index (χ1) is 13.8. The van der Waals surface area contributed by atoms with E-state index in [1.807, 2.05) is 0 Å². The molecule has 0 saturated heterocycles. The van der Waals surface area contributed by atoms with Gasteiger partial charge < -0.3 is 0 Å². The van der Waals surface area contributed by atoms with Gasteiger partial charge in [-0.25, -0.2) is 0 Å². The summed E-state index contributed by atoms with van der Waals surface area (Å²) in [5.74, 6) is 0. The highest BCUT2D eigenvalue weighted by atomic mass is 14.8. The first kappa shape index (κ1) is 31.0. The van der Waals surface area contributed by atoms with Gasteiger partial charge >= 0.3 is 0 Å². The average molecular weight is 463 g/mol. The largest absolute Gasteiger partial charge is 0.0596 e. The maximum absolute atomic E-state index is 2.67. The molecular weight excluding hydrogens is 396 g/mol. The zero-order chi connectivity index (χ0) is 27.5. The van der Waals surface area contributed by atoms with Crippen molar-refractivity contribution in [3.05, 3.63) is 0 Å². The summed E-state index contributed by atoms with van der Waals surface area (Å²) in [6, 6.07) is 0. The van der Waals surface area contributed by atoms with E-state index in [-0.39, 0.29) is 59.6 Å². The summed E-state index contributed by atoms with van der Waals surface area (Å²) < 4.78 is 0. The van der Waals surface area contributed by atoms with Crippen LogP contribution in [0.4, 0.5) is 0 Å². The molecule has 0 nitrogen and oxygen atoms in total. The van der Waals surface area contributed by atoms with Crippen LogP contribution in [-0.2, 0) is 0 Å². The van der Waals surface area contributed by atoms with Crippen molar-refractivity contribution in [1.82, 2.24) is 0 Å². The Bertz CT molecular complexity index is 720. The molecule has 0 aromatic carbocycles. The summed E-state index contributed by atoms with van der Waals surface area (Å²) in [5, 5.41) is 0. The lowest BCUT2D eigenvalue weighted by Crippen LogP contribution is -2.77. The van der Waals surface area contributed by atoms with Gasteiger partial charge in [-0.3, -0.25) is 0 Å². The molecule has 198 valence electrons.